The molecule has 0 aliphatic heterocycles. The van der Waals surface area contributed by atoms with Crippen molar-refractivity contribution in [3.63, 3.8) is 0 Å². The summed E-state index contributed by atoms with van der Waals surface area (Å²) in [6.45, 7) is 5.75. The molecule has 0 atom stereocenters. The lowest BCUT2D eigenvalue weighted by Crippen LogP contribution is -2.41. The lowest BCUT2D eigenvalue weighted by Gasteiger charge is -2.29. The van der Waals surface area contributed by atoms with E-state index in [0.29, 0.717) is 6.54 Å². The van der Waals surface area contributed by atoms with E-state index in [1.54, 1.807) is 20.0 Å². The first-order valence-electron chi connectivity index (χ1n) is 7.03. The van der Waals surface area contributed by atoms with Crippen molar-refractivity contribution in [3.05, 3.63) is 41.0 Å². The molecule has 1 amide bonds. The average molecular weight is 291 g/mol. The highest BCUT2D eigenvalue weighted by Crippen LogP contribution is 2.16. The quantitative estimate of drug-likeness (QED) is 0.785. The molecule has 0 aliphatic carbocycles. The second kappa shape index (κ2) is 7.38. The third kappa shape index (κ3) is 5.33. The van der Waals surface area contributed by atoms with Crippen LogP contribution in [0.5, 0.6) is 0 Å². The minimum absolute atomic E-state index is 0.151. The first-order chi connectivity index (χ1) is 9.79. The lowest BCUT2D eigenvalue weighted by atomic mass is 9.92. The van der Waals surface area contributed by atoms with Crippen LogP contribution in [0.2, 0.25) is 0 Å². The van der Waals surface area contributed by atoms with Crippen molar-refractivity contribution in [3.8, 4) is 0 Å². The molecule has 0 unspecified atom stereocenters. The normalized spacial score (nSPS) is 11.9. The van der Waals surface area contributed by atoms with Crippen LogP contribution in [-0.4, -0.2) is 47.8 Å². The van der Waals surface area contributed by atoms with Crippen LogP contribution in [-0.2, 0) is 4.79 Å². The molecule has 1 aromatic carbocycles. The van der Waals surface area contributed by atoms with Crippen LogP contribution in [0.4, 0.5) is 0 Å². The van der Waals surface area contributed by atoms with Gasteiger partial charge in [0.2, 0.25) is 5.91 Å². The molecule has 0 saturated carbocycles. The standard InChI is InChI=1S/C17H25NO3/c1-13-7-14(2)9-15(8-13)5-6-16(21)18(4)10-17(3,11-19)12-20/h5-9,19-20H,10-12H2,1-4H3/b6-5+. The number of nitrogens with zero attached hydrogens (tertiary/aromatic N) is 1. The molecule has 4 nitrogen and oxygen atoms in total. The minimum atomic E-state index is -0.682. The van der Waals surface area contributed by atoms with E-state index in [1.165, 1.54) is 11.0 Å². The Balaban J connectivity index is 2.73. The Morgan fingerprint density at radius 3 is 2.19 bits per heavy atom. The highest BCUT2D eigenvalue weighted by atomic mass is 16.3. The number of amides is 1. The molecule has 0 fully saturated rings. The van der Waals surface area contributed by atoms with Gasteiger partial charge in [0.15, 0.2) is 0 Å². The summed E-state index contributed by atoms with van der Waals surface area (Å²) in [4.78, 5) is 13.6. The number of rotatable bonds is 6. The molecule has 21 heavy (non-hydrogen) atoms. The smallest absolute Gasteiger partial charge is 0.246 e. The fourth-order valence-corrected chi connectivity index (χ4v) is 2.20. The first kappa shape index (κ1) is 17.4. The fraction of sp³-hybridized carbons (Fsp3) is 0.471. The first-order valence-corrected chi connectivity index (χ1v) is 7.03. The van der Waals surface area contributed by atoms with E-state index < -0.39 is 5.41 Å². The van der Waals surface area contributed by atoms with Crippen molar-refractivity contribution >= 4 is 12.0 Å². The van der Waals surface area contributed by atoms with Gasteiger partial charge < -0.3 is 15.1 Å². The number of hydrogen-bond acceptors (Lipinski definition) is 3. The van der Waals surface area contributed by atoms with Gasteiger partial charge in [0.1, 0.15) is 0 Å². The van der Waals surface area contributed by atoms with E-state index in [-0.39, 0.29) is 19.1 Å². The van der Waals surface area contributed by atoms with Crippen LogP contribution in [0.3, 0.4) is 0 Å². The molecule has 0 saturated heterocycles. The molecule has 116 valence electrons. The second-order valence-electron chi connectivity index (χ2n) is 6.08. The number of benzene rings is 1. The molecule has 0 bridgehead atoms. The highest BCUT2D eigenvalue weighted by Gasteiger charge is 2.25. The van der Waals surface area contributed by atoms with E-state index in [4.69, 9.17) is 0 Å². The Hall–Kier alpha value is -1.65. The molecular weight excluding hydrogens is 266 g/mol. The van der Waals surface area contributed by atoms with Crippen LogP contribution in [0.25, 0.3) is 6.08 Å². The Morgan fingerprint density at radius 2 is 1.71 bits per heavy atom. The van der Waals surface area contributed by atoms with Gasteiger partial charge in [0.05, 0.1) is 13.2 Å². The number of aryl methyl sites for hydroxylation is 2. The third-order valence-corrected chi connectivity index (χ3v) is 3.42. The van der Waals surface area contributed by atoms with Crippen molar-refractivity contribution in [2.45, 2.75) is 20.8 Å². The predicted molar refractivity (Wildman–Crippen MR) is 84.9 cm³/mol. The number of aliphatic hydroxyl groups is 2. The molecule has 2 N–H and O–H groups in total. The van der Waals surface area contributed by atoms with E-state index in [2.05, 4.69) is 6.07 Å². The zero-order valence-corrected chi connectivity index (χ0v) is 13.3. The molecule has 0 aromatic heterocycles. The lowest BCUT2D eigenvalue weighted by molar-refractivity contribution is -0.126. The van der Waals surface area contributed by atoms with Gasteiger partial charge >= 0.3 is 0 Å². The van der Waals surface area contributed by atoms with Crippen molar-refractivity contribution in [2.24, 2.45) is 5.41 Å². The number of hydrogen-bond donors (Lipinski definition) is 2. The summed E-state index contributed by atoms with van der Waals surface area (Å²) in [7, 11) is 1.66. The average Bonchev–Trinajstić information content (AvgIpc) is 2.43. The van der Waals surface area contributed by atoms with Gasteiger partial charge in [0, 0.05) is 25.1 Å². The van der Waals surface area contributed by atoms with Gasteiger partial charge in [-0.25, -0.2) is 0 Å². The molecule has 1 rings (SSSR count). The SMILES string of the molecule is Cc1cc(C)cc(/C=C/C(=O)N(C)CC(C)(CO)CO)c1. The summed E-state index contributed by atoms with van der Waals surface area (Å²) in [5.41, 5.74) is 2.62. The maximum atomic E-state index is 12.1. The summed E-state index contributed by atoms with van der Waals surface area (Å²) < 4.78 is 0. The second-order valence-corrected chi connectivity index (χ2v) is 6.08. The predicted octanol–water partition coefficient (Wildman–Crippen LogP) is 1.77. The van der Waals surface area contributed by atoms with Gasteiger partial charge in [-0.05, 0) is 25.5 Å². The zero-order chi connectivity index (χ0) is 16.0. The van der Waals surface area contributed by atoms with Crippen molar-refractivity contribution < 1.29 is 15.0 Å². The van der Waals surface area contributed by atoms with Crippen molar-refractivity contribution in [1.29, 1.82) is 0 Å². The summed E-state index contributed by atoms with van der Waals surface area (Å²) in [5.74, 6) is -0.151. The van der Waals surface area contributed by atoms with Crippen LogP contribution < -0.4 is 0 Å². The van der Waals surface area contributed by atoms with Gasteiger partial charge in [-0.2, -0.15) is 0 Å². The minimum Gasteiger partial charge on any atom is -0.396 e. The number of likely N-dealkylation sites (N-methyl/N-ethyl adjacent to an activating group) is 1. The molecule has 0 heterocycles. The zero-order valence-electron chi connectivity index (χ0n) is 13.3. The third-order valence-electron chi connectivity index (χ3n) is 3.42. The summed E-state index contributed by atoms with van der Waals surface area (Å²) in [6.07, 6.45) is 3.30. The summed E-state index contributed by atoms with van der Waals surface area (Å²) >= 11 is 0. The van der Waals surface area contributed by atoms with E-state index >= 15 is 0 Å². The van der Waals surface area contributed by atoms with Crippen molar-refractivity contribution in [2.75, 3.05) is 26.8 Å². The Bertz CT molecular complexity index is 499. The highest BCUT2D eigenvalue weighted by molar-refractivity contribution is 5.91. The van der Waals surface area contributed by atoms with E-state index in [0.717, 1.165) is 16.7 Å². The molecule has 0 spiro atoms. The van der Waals surface area contributed by atoms with Crippen LogP contribution in [0, 0.1) is 19.3 Å². The van der Waals surface area contributed by atoms with Gasteiger partial charge in [-0.3, -0.25) is 4.79 Å². The number of aliphatic hydroxyl groups excluding tert-OH is 2. The topological polar surface area (TPSA) is 60.8 Å². The Labute approximate surface area is 126 Å². The molecule has 0 aliphatic rings. The summed E-state index contributed by atoms with van der Waals surface area (Å²) in [6, 6.07) is 6.11. The van der Waals surface area contributed by atoms with Gasteiger partial charge in [-0.15, -0.1) is 0 Å². The van der Waals surface area contributed by atoms with E-state index in [1.807, 2.05) is 26.0 Å². The van der Waals surface area contributed by atoms with Crippen LogP contribution in [0.15, 0.2) is 24.3 Å². The van der Waals surface area contributed by atoms with Gasteiger partial charge in [-0.1, -0.05) is 36.2 Å². The maximum absolute atomic E-state index is 12.1. The maximum Gasteiger partial charge on any atom is 0.246 e. The van der Waals surface area contributed by atoms with Crippen LogP contribution in [0.1, 0.15) is 23.6 Å². The van der Waals surface area contributed by atoms with E-state index in [9.17, 15) is 15.0 Å². The largest absolute Gasteiger partial charge is 0.396 e. The monoisotopic (exact) mass is 291 g/mol. The van der Waals surface area contributed by atoms with Crippen molar-refractivity contribution in [1.82, 2.24) is 4.90 Å². The molecule has 0 radical (unpaired) electrons. The molecule has 4 heteroatoms. The molecule has 1 aromatic rings. The Kier molecular flexibility index (Phi) is 6.12. The van der Waals surface area contributed by atoms with Gasteiger partial charge in [0.25, 0.3) is 0 Å². The Morgan fingerprint density at radius 1 is 1.19 bits per heavy atom. The summed E-state index contributed by atoms with van der Waals surface area (Å²) in [5, 5.41) is 18.5. The number of carbonyl (C=O) groups is 1. The number of carbonyl (C=O) groups excluding carboxylic acids is 1. The fourth-order valence-electron chi connectivity index (χ4n) is 2.20. The van der Waals surface area contributed by atoms with Crippen LogP contribution >= 0.6 is 0 Å². The molecular formula is C17H25NO3.